The number of nitrogens with zero attached hydrogens (tertiary/aromatic N) is 1. The van der Waals surface area contributed by atoms with Crippen molar-refractivity contribution in [3.63, 3.8) is 0 Å². The lowest BCUT2D eigenvalue weighted by atomic mass is 9.98. The molecule has 5 nitrogen and oxygen atoms in total. The van der Waals surface area contributed by atoms with E-state index in [2.05, 4.69) is 17.2 Å². The maximum Gasteiger partial charge on any atom is 0.337 e. The lowest BCUT2D eigenvalue weighted by Crippen LogP contribution is -2.22. The van der Waals surface area contributed by atoms with E-state index < -0.39 is 5.97 Å². The Bertz CT molecular complexity index is 446. The highest BCUT2D eigenvalue weighted by Crippen LogP contribution is 2.16. The van der Waals surface area contributed by atoms with Crippen molar-refractivity contribution < 1.29 is 14.7 Å². The van der Waals surface area contributed by atoms with Crippen LogP contribution >= 0.6 is 0 Å². The first-order chi connectivity index (χ1) is 9.08. The van der Waals surface area contributed by atoms with Gasteiger partial charge in [-0.3, -0.25) is 9.78 Å². The Morgan fingerprint density at radius 1 is 1.37 bits per heavy atom. The molecule has 0 bridgehead atoms. The summed E-state index contributed by atoms with van der Waals surface area (Å²) in [5, 5.41) is 11.6. The molecule has 1 rings (SSSR count). The zero-order chi connectivity index (χ0) is 14.3. The van der Waals surface area contributed by atoms with E-state index in [4.69, 9.17) is 5.11 Å². The van der Waals surface area contributed by atoms with Crippen LogP contribution in [0, 0.1) is 5.92 Å². The van der Waals surface area contributed by atoms with Gasteiger partial charge in [-0.15, -0.1) is 0 Å². The number of carbonyl (C=O) groups is 2. The largest absolute Gasteiger partial charge is 0.478 e. The Balaban J connectivity index is 2.69. The maximum atomic E-state index is 12.0. The standard InChI is InChI=1S/C14H20N2O3/c1-3-5-6-10(4-2)13(17)16-12-7-11(14(18)19)8-15-9-12/h7-10H,3-6H2,1-2H3,(H,16,17)(H,18,19). The summed E-state index contributed by atoms with van der Waals surface area (Å²) in [6, 6.07) is 1.42. The smallest absolute Gasteiger partial charge is 0.337 e. The van der Waals surface area contributed by atoms with Crippen molar-refractivity contribution in [1.29, 1.82) is 0 Å². The summed E-state index contributed by atoms with van der Waals surface area (Å²) in [6.07, 6.45) is 6.41. The van der Waals surface area contributed by atoms with Crippen LogP contribution < -0.4 is 5.32 Å². The van der Waals surface area contributed by atoms with Crippen LogP contribution in [0.1, 0.15) is 49.9 Å². The molecule has 1 heterocycles. The molecule has 5 heteroatoms. The van der Waals surface area contributed by atoms with Crippen LogP contribution in [0.5, 0.6) is 0 Å². The zero-order valence-electron chi connectivity index (χ0n) is 11.3. The van der Waals surface area contributed by atoms with Gasteiger partial charge in [0, 0.05) is 12.1 Å². The van der Waals surface area contributed by atoms with Crippen molar-refractivity contribution in [2.45, 2.75) is 39.5 Å². The molecular formula is C14H20N2O3. The molecule has 0 aliphatic heterocycles. The Morgan fingerprint density at radius 3 is 2.68 bits per heavy atom. The molecule has 0 aliphatic rings. The van der Waals surface area contributed by atoms with Gasteiger partial charge >= 0.3 is 5.97 Å². The van der Waals surface area contributed by atoms with Crippen molar-refractivity contribution >= 4 is 17.6 Å². The monoisotopic (exact) mass is 264 g/mol. The van der Waals surface area contributed by atoms with E-state index in [0.29, 0.717) is 5.69 Å². The topological polar surface area (TPSA) is 79.3 Å². The third-order valence-electron chi connectivity index (χ3n) is 3.02. The number of nitrogens with one attached hydrogen (secondary N) is 1. The first-order valence-electron chi connectivity index (χ1n) is 6.57. The van der Waals surface area contributed by atoms with Crippen LogP contribution in [-0.2, 0) is 4.79 Å². The fraction of sp³-hybridized carbons (Fsp3) is 0.500. The molecule has 0 spiro atoms. The molecular weight excluding hydrogens is 244 g/mol. The van der Waals surface area contributed by atoms with E-state index in [1.165, 1.54) is 18.5 Å². The second-order valence-corrected chi connectivity index (χ2v) is 4.50. The molecule has 0 fully saturated rings. The van der Waals surface area contributed by atoms with E-state index in [0.717, 1.165) is 25.7 Å². The highest BCUT2D eigenvalue weighted by molar-refractivity contribution is 5.94. The van der Waals surface area contributed by atoms with Crippen LogP contribution in [-0.4, -0.2) is 22.0 Å². The molecule has 0 saturated heterocycles. The number of amides is 1. The van der Waals surface area contributed by atoms with E-state index in [9.17, 15) is 9.59 Å². The van der Waals surface area contributed by atoms with Gasteiger partial charge < -0.3 is 10.4 Å². The number of aromatic nitrogens is 1. The SMILES string of the molecule is CCCCC(CC)C(=O)Nc1cncc(C(=O)O)c1. The summed E-state index contributed by atoms with van der Waals surface area (Å²) in [5.41, 5.74) is 0.499. The molecule has 104 valence electrons. The Hall–Kier alpha value is -1.91. The van der Waals surface area contributed by atoms with E-state index in [1.54, 1.807) is 0 Å². The van der Waals surface area contributed by atoms with Gasteiger partial charge in [0.25, 0.3) is 0 Å². The Morgan fingerprint density at radius 2 is 2.11 bits per heavy atom. The molecule has 1 unspecified atom stereocenters. The van der Waals surface area contributed by atoms with Crippen molar-refractivity contribution in [3.8, 4) is 0 Å². The highest BCUT2D eigenvalue weighted by Gasteiger charge is 2.16. The summed E-state index contributed by atoms with van der Waals surface area (Å²) in [4.78, 5) is 26.7. The van der Waals surface area contributed by atoms with E-state index in [1.807, 2.05) is 6.92 Å². The average molecular weight is 264 g/mol. The summed E-state index contributed by atoms with van der Waals surface area (Å²) >= 11 is 0. The summed E-state index contributed by atoms with van der Waals surface area (Å²) < 4.78 is 0. The summed E-state index contributed by atoms with van der Waals surface area (Å²) in [5.74, 6) is -1.16. The van der Waals surface area contributed by atoms with Gasteiger partial charge in [-0.1, -0.05) is 26.7 Å². The number of pyridine rings is 1. The third kappa shape index (κ3) is 4.69. The molecule has 2 N–H and O–H groups in total. The van der Waals surface area contributed by atoms with Gasteiger partial charge in [0.05, 0.1) is 17.4 Å². The minimum Gasteiger partial charge on any atom is -0.478 e. The minimum absolute atomic E-state index is 0.0339. The summed E-state index contributed by atoms with van der Waals surface area (Å²) in [6.45, 7) is 4.07. The lowest BCUT2D eigenvalue weighted by Gasteiger charge is -2.14. The summed E-state index contributed by atoms with van der Waals surface area (Å²) in [7, 11) is 0. The number of aromatic carboxylic acids is 1. The lowest BCUT2D eigenvalue weighted by molar-refractivity contribution is -0.120. The average Bonchev–Trinajstić information content (AvgIpc) is 2.40. The maximum absolute atomic E-state index is 12.0. The van der Waals surface area contributed by atoms with Crippen LogP contribution in [0.25, 0.3) is 0 Å². The second-order valence-electron chi connectivity index (χ2n) is 4.50. The number of hydrogen-bond acceptors (Lipinski definition) is 3. The molecule has 0 aliphatic carbocycles. The molecule has 0 saturated carbocycles. The molecule has 1 aromatic heterocycles. The molecule has 1 atom stereocenters. The Kier molecular flexibility index (Phi) is 5.99. The van der Waals surface area contributed by atoms with Gasteiger partial charge in [0.2, 0.25) is 5.91 Å². The fourth-order valence-corrected chi connectivity index (χ4v) is 1.84. The Labute approximate surface area is 113 Å². The van der Waals surface area contributed by atoms with Crippen molar-refractivity contribution in [1.82, 2.24) is 4.98 Å². The van der Waals surface area contributed by atoms with Crippen LogP contribution in [0.2, 0.25) is 0 Å². The van der Waals surface area contributed by atoms with Crippen LogP contribution in [0.4, 0.5) is 5.69 Å². The fourth-order valence-electron chi connectivity index (χ4n) is 1.84. The van der Waals surface area contributed by atoms with Crippen molar-refractivity contribution in [2.24, 2.45) is 5.92 Å². The first kappa shape index (κ1) is 15.1. The van der Waals surface area contributed by atoms with Crippen molar-refractivity contribution in [3.05, 3.63) is 24.0 Å². The van der Waals surface area contributed by atoms with Gasteiger partial charge in [0.1, 0.15) is 0 Å². The molecule has 0 radical (unpaired) electrons. The molecule has 19 heavy (non-hydrogen) atoms. The van der Waals surface area contributed by atoms with Gasteiger partial charge in [-0.25, -0.2) is 4.79 Å². The van der Waals surface area contributed by atoms with Gasteiger partial charge in [0.15, 0.2) is 0 Å². The molecule has 0 aromatic carbocycles. The van der Waals surface area contributed by atoms with Crippen molar-refractivity contribution in [2.75, 3.05) is 5.32 Å². The van der Waals surface area contributed by atoms with Gasteiger partial charge in [-0.2, -0.15) is 0 Å². The number of carboxylic acid groups (broad SMARTS) is 1. The van der Waals surface area contributed by atoms with E-state index >= 15 is 0 Å². The highest BCUT2D eigenvalue weighted by atomic mass is 16.4. The van der Waals surface area contributed by atoms with Crippen LogP contribution in [0.15, 0.2) is 18.5 Å². The number of unbranched alkanes of at least 4 members (excludes halogenated alkanes) is 1. The second kappa shape index (κ2) is 7.51. The number of rotatable bonds is 7. The quantitative estimate of drug-likeness (QED) is 0.793. The van der Waals surface area contributed by atoms with Crippen LogP contribution in [0.3, 0.4) is 0 Å². The predicted octanol–water partition coefficient (Wildman–Crippen LogP) is 2.93. The normalized spacial score (nSPS) is 11.9. The third-order valence-corrected chi connectivity index (χ3v) is 3.02. The number of anilines is 1. The molecule has 1 aromatic rings. The first-order valence-corrected chi connectivity index (χ1v) is 6.57. The molecule has 1 amide bonds. The predicted molar refractivity (Wildman–Crippen MR) is 73.1 cm³/mol. The zero-order valence-corrected chi connectivity index (χ0v) is 11.3. The number of carboxylic acids is 1. The number of carbonyl (C=O) groups excluding carboxylic acids is 1. The van der Waals surface area contributed by atoms with Gasteiger partial charge in [-0.05, 0) is 18.9 Å². The number of hydrogen-bond donors (Lipinski definition) is 2. The minimum atomic E-state index is -1.05. The van der Waals surface area contributed by atoms with E-state index in [-0.39, 0.29) is 17.4 Å².